The molecule has 22 heteroatoms. The van der Waals surface area contributed by atoms with E-state index in [1.165, 1.54) is 0 Å². The molecule has 0 N–H and O–H groups in total. The zero-order valence-corrected chi connectivity index (χ0v) is 27.0. The summed E-state index contributed by atoms with van der Waals surface area (Å²) in [6, 6.07) is 7.33. The normalized spacial score (nSPS) is 13.1. The first kappa shape index (κ1) is 39.1. The molecule has 0 aliphatic carbocycles. The van der Waals surface area contributed by atoms with Gasteiger partial charge in [-0.2, -0.15) is 64.8 Å². The molecule has 0 saturated heterocycles. The van der Waals surface area contributed by atoms with Gasteiger partial charge in [0.2, 0.25) is 0 Å². The third-order valence-corrected chi connectivity index (χ3v) is 10.2. The fourth-order valence-corrected chi connectivity index (χ4v) is 6.60. The minimum absolute atomic E-state index is 0.372. The quantitative estimate of drug-likeness (QED) is 0.0896. The van der Waals surface area contributed by atoms with E-state index in [0.29, 0.717) is 84.9 Å². The molecule has 4 aromatic rings. The van der Waals surface area contributed by atoms with Crippen LogP contribution in [0.4, 0.5) is 39.5 Å². The van der Waals surface area contributed by atoms with Crippen LogP contribution in [0.5, 0.6) is 11.5 Å². The van der Waals surface area contributed by atoms with Crippen molar-refractivity contribution in [3.05, 3.63) is 113 Å². The number of rotatable bonds is 11. The van der Waals surface area contributed by atoms with E-state index in [2.05, 4.69) is 4.18 Å². The molecule has 0 aliphatic rings. The zero-order valence-electron chi connectivity index (χ0n) is 24.6. The van der Waals surface area contributed by atoms with Crippen LogP contribution in [0.25, 0.3) is 0 Å². The van der Waals surface area contributed by atoms with Crippen molar-refractivity contribution in [2.75, 3.05) is 6.61 Å². The molecule has 0 atom stereocenters. The van der Waals surface area contributed by atoms with E-state index >= 15 is 0 Å². The second-order valence-electron chi connectivity index (χ2n) is 9.94. The number of halogens is 9. The molecule has 0 radical (unpaired) electrons. The highest BCUT2D eigenvalue weighted by atomic mass is 32.2. The number of hydrogen-bond acceptors (Lipinski definition) is 10. The van der Waals surface area contributed by atoms with Crippen molar-refractivity contribution >= 4 is 36.1 Å². The number of carbonyl (C=O) groups is 1. The Kier molecular flexibility index (Phi) is 10.6. The Labute approximate surface area is 282 Å². The van der Waals surface area contributed by atoms with Crippen LogP contribution in [-0.2, 0) is 53.1 Å². The van der Waals surface area contributed by atoms with Crippen molar-refractivity contribution in [2.24, 2.45) is 0 Å². The van der Waals surface area contributed by atoms with Gasteiger partial charge in [0.25, 0.3) is 10.1 Å². The molecule has 4 aromatic carbocycles. The highest BCUT2D eigenvalue weighted by Gasteiger charge is 2.34. The highest BCUT2D eigenvalue weighted by molar-refractivity contribution is 7.87. The molecule has 4 rings (SSSR count). The smallest absolute Gasteiger partial charge is 0.375 e. The van der Waals surface area contributed by atoms with E-state index in [-0.39, 0.29) is 0 Å². The summed E-state index contributed by atoms with van der Waals surface area (Å²) >= 11 is 0. The van der Waals surface area contributed by atoms with Gasteiger partial charge in [-0.1, -0.05) is 0 Å². The summed E-state index contributed by atoms with van der Waals surface area (Å²) in [6.45, 7) is -1.35. The van der Waals surface area contributed by atoms with Gasteiger partial charge in [-0.3, -0.25) is 8.98 Å². The zero-order chi connectivity index (χ0) is 38.2. The predicted octanol–water partition coefficient (Wildman–Crippen LogP) is 6.87. The van der Waals surface area contributed by atoms with Gasteiger partial charge in [0, 0.05) is 5.56 Å². The Morgan fingerprint density at radius 1 is 0.471 bits per heavy atom. The Hall–Kier alpha value is -4.67. The molecule has 274 valence electrons. The number of benzene rings is 4. The van der Waals surface area contributed by atoms with E-state index in [1.807, 2.05) is 0 Å². The second-order valence-corrected chi connectivity index (χ2v) is 14.7. The maximum Gasteiger partial charge on any atom is 0.416 e. The lowest BCUT2D eigenvalue weighted by Crippen LogP contribution is -2.17. The van der Waals surface area contributed by atoms with Crippen LogP contribution >= 0.6 is 0 Å². The monoisotopic (exact) mass is 792 g/mol. The van der Waals surface area contributed by atoms with Gasteiger partial charge in [-0.25, -0.2) is 0 Å². The second kappa shape index (κ2) is 13.8. The molecule has 10 nitrogen and oxygen atoms in total. The van der Waals surface area contributed by atoms with E-state index in [1.54, 1.807) is 0 Å². The number of Topliss-reactive ketones (excluding diaryl/α,β-unsaturated/α-hetero) is 1. The third kappa shape index (κ3) is 9.56. The summed E-state index contributed by atoms with van der Waals surface area (Å²) in [5, 5.41) is 0. The van der Waals surface area contributed by atoms with Crippen molar-refractivity contribution in [3.63, 3.8) is 0 Å². The molecule has 51 heavy (non-hydrogen) atoms. The van der Waals surface area contributed by atoms with Crippen LogP contribution in [-0.4, -0.2) is 37.6 Å². The van der Waals surface area contributed by atoms with Crippen LogP contribution in [0.2, 0.25) is 0 Å². The van der Waals surface area contributed by atoms with Gasteiger partial charge in [0.1, 0.15) is 16.4 Å². The van der Waals surface area contributed by atoms with Gasteiger partial charge in [0.15, 0.2) is 17.3 Å². The van der Waals surface area contributed by atoms with Crippen molar-refractivity contribution in [3.8, 4) is 11.5 Å². The van der Waals surface area contributed by atoms with Crippen LogP contribution in [0.1, 0.15) is 27.0 Å². The molecule has 0 saturated carbocycles. The van der Waals surface area contributed by atoms with Crippen molar-refractivity contribution in [1.82, 2.24) is 0 Å². The lowest BCUT2D eigenvalue weighted by molar-refractivity contribution is -0.138. The summed E-state index contributed by atoms with van der Waals surface area (Å²) in [5.74, 6) is -3.40. The lowest BCUT2D eigenvalue weighted by Gasteiger charge is -2.15. The fourth-order valence-electron chi connectivity index (χ4n) is 3.86. The van der Waals surface area contributed by atoms with Gasteiger partial charge >= 0.3 is 38.8 Å². The van der Waals surface area contributed by atoms with E-state index < -0.39 is 110 Å². The van der Waals surface area contributed by atoms with Crippen molar-refractivity contribution in [1.29, 1.82) is 0 Å². The Morgan fingerprint density at radius 2 is 0.804 bits per heavy atom. The molecule has 0 spiro atoms. The van der Waals surface area contributed by atoms with Crippen LogP contribution in [0.3, 0.4) is 0 Å². The number of hydrogen-bond donors (Lipinski definition) is 0. The molecule has 0 unspecified atom stereocenters. The molecule has 0 aromatic heterocycles. The van der Waals surface area contributed by atoms with Gasteiger partial charge in [-0.15, -0.1) is 0 Å². The molecule has 0 heterocycles. The standard InChI is InChI=1S/C29H17F9O10S3/c30-27(31,32)18-2-8-21(9-3-18)49(40,41)46-16-24(39)17-1-14-25(47-50(42,43)22-10-4-19(5-11-22)28(33,34)35)26(15-17)48-51(44,45)23-12-6-20(7-13-23)29(36,37)38/h1-15H,16H2. The minimum Gasteiger partial charge on any atom is -0.375 e. The summed E-state index contributed by atoms with van der Waals surface area (Å²) in [5.41, 5.74) is -4.33. The van der Waals surface area contributed by atoms with Crippen molar-refractivity contribution in [2.45, 2.75) is 33.2 Å². The summed E-state index contributed by atoms with van der Waals surface area (Å²) in [4.78, 5) is 10.3. The molecule has 0 amide bonds. The lowest BCUT2D eigenvalue weighted by atomic mass is 10.1. The van der Waals surface area contributed by atoms with Crippen LogP contribution in [0.15, 0.2) is 106 Å². The number of alkyl halides is 9. The fraction of sp³-hybridized carbons (Fsp3) is 0.138. The first-order valence-electron chi connectivity index (χ1n) is 13.3. The van der Waals surface area contributed by atoms with Crippen LogP contribution < -0.4 is 8.37 Å². The average molecular weight is 793 g/mol. The van der Waals surface area contributed by atoms with Gasteiger partial charge < -0.3 is 8.37 Å². The Balaban J connectivity index is 1.66. The van der Waals surface area contributed by atoms with E-state index in [9.17, 15) is 69.6 Å². The SMILES string of the molecule is O=C(COS(=O)(=O)c1ccc(C(F)(F)F)cc1)c1ccc(OS(=O)(=O)c2ccc(C(F)(F)F)cc2)c(OS(=O)(=O)c2ccc(C(F)(F)F)cc2)c1. The average Bonchev–Trinajstić information content (AvgIpc) is 3.03. The number of carbonyl (C=O) groups excluding carboxylic acids is 1. The predicted molar refractivity (Wildman–Crippen MR) is 154 cm³/mol. The Bertz CT molecular complexity index is 2250. The van der Waals surface area contributed by atoms with E-state index in [4.69, 9.17) is 8.37 Å². The van der Waals surface area contributed by atoms with Gasteiger partial charge in [0.05, 0.1) is 21.6 Å². The molecule has 0 aliphatic heterocycles. The largest absolute Gasteiger partial charge is 0.416 e. The molecule has 0 fully saturated rings. The molecular weight excluding hydrogens is 775 g/mol. The maximum absolute atomic E-state index is 13.0. The molecule has 0 bridgehead atoms. The van der Waals surface area contributed by atoms with Crippen LogP contribution in [0, 0.1) is 0 Å². The Morgan fingerprint density at radius 3 is 1.16 bits per heavy atom. The summed E-state index contributed by atoms with van der Waals surface area (Å²) < 4.78 is 207. The third-order valence-electron chi connectivity index (χ3n) is 6.42. The number of ketones is 1. The summed E-state index contributed by atoms with van der Waals surface area (Å²) in [6.07, 6.45) is -14.5. The topological polar surface area (TPSA) is 147 Å². The minimum atomic E-state index is -5.15. The van der Waals surface area contributed by atoms with Gasteiger partial charge in [-0.05, 0) is 91.0 Å². The highest BCUT2D eigenvalue weighted by Crippen LogP contribution is 2.36. The first-order chi connectivity index (χ1) is 23.3. The summed E-state index contributed by atoms with van der Waals surface area (Å²) in [7, 11) is -15.1. The molecular formula is C29H17F9O10S3. The maximum atomic E-state index is 13.0. The van der Waals surface area contributed by atoms with Crippen molar-refractivity contribution < 1.29 is 82.1 Å². The first-order valence-corrected chi connectivity index (χ1v) is 17.5. The van der Waals surface area contributed by atoms with E-state index in [0.717, 1.165) is 6.07 Å².